The summed E-state index contributed by atoms with van der Waals surface area (Å²) >= 11 is 0. The largest absolute Gasteiger partial charge is 0.355 e. The maximum atomic E-state index is 4.40. The van der Waals surface area contributed by atoms with Crippen LogP contribution in [0.2, 0.25) is 0 Å². The SMILES string of the molecule is C=C\C=N/C(CC)=C(C)/C(=C\C=C)NC(=C)/C(C=C)=C\N=C. The van der Waals surface area contributed by atoms with Crippen LogP contribution in [-0.4, -0.2) is 12.9 Å². The zero-order valence-electron chi connectivity index (χ0n) is 13.6. The number of nitrogens with one attached hydrogen (secondary N) is 1. The van der Waals surface area contributed by atoms with E-state index < -0.39 is 0 Å². The van der Waals surface area contributed by atoms with Crippen LogP contribution >= 0.6 is 0 Å². The normalized spacial score (nSPS) is 13.4. The molecule has 0 saturated heterocycles. The van der Waals surface area contributed by atoms with Crippen molar-refractivity contribution >= 4 is 12.9 Å². The molecule has 0 aliphatic rings. The fourth-order valence-corrected chi connectivity index (χ4v) is 1.72. The second kappa shape index (κ2) is 11.0. The van der Waals surface area contributed by atoms with E-state index in [0.717, 1.165) is 29.0 Å². The summed E-state index contributed by atoms with van der Waals surface area (Å²) < 4.78 is 0. The van der Waals surface area contributed by atoms with Crippen molar-refractivity contribution in [2.24, 2.45) is 9.98 Å². The summed E-state index contributed by atoms with van der Waals surface area (Å²) in [5.41, 5.74) is 4.29. The molecule has 0 saturated carbocycles. The Morgan fingerprint density at radius 3 is 2.32 bits per heavy atom. The van der Waals surface area contributed by atoms with E-state index in [0.29, 0.717) is 5.70 Å². The standard InChI is InChI=1S/C19H25N3/c1-8-12-19(15(5)18(11-4)21-13-9-2)22-16(6)17(10-3)14-20-7/h8-10,12-14,22H,1-3,6-7,11H2,4-5H3/b17-14-,18-15+,19-12+,21-13-. The summed E-state index contributed by atoms with van der Waals surface area (Å²) in [5, 5.41) is 3.26. The van der Waals surface area contributed by atoms with Crippen LogP contribution in [0.1, 0.15) is 20.3 Å². The first-order valence-electron chi connectivity index (χ1n) is 6.98. The highest BCUT2D eigenvalue weighted by molar-refractivity contribution is 5.71. The number of hydrogen-bond donors (Lipinski definition) is 1. The second-order valence-electron chi connectivity index (χ2n) is 4.33. The molecule has 0 aromatic heterocycles. The first-order valence-corrected chi connectivity index (χ1v) is 6.98. The van der Waals surface area contributed by atoms with E-state index in [1.807, 2.05) is 13.0 Å². The van der Waals surface area contributed by atoms with E-state index >= 15 is 0 Å². The highest BCUT2D eigenvalue weighted by Gasteiger charge is 2.07. The van der Waals surface area contributed by atoms with Crippen LogP contribution in [0.5, 0.6) is 0 Å². The molecule has 22 heavy (non-hydrogen) atoms. The van der Waals surface area contributed by atoms with Gasteiger partial charge >= 0.3 is 0 Å². The highest BCUT2D eigenvalue weighted by Crippen LogP contribution is 2.19. The van der Waals surface area contributed by atoms with E-state index in [1.54, 1.807) is 30.6 Å². The van der Waals surface area contributed by atoms with E-state index in [-0.39, 0.29) is 0 Å². The molecule has 0 heterocycles. The molecule has 0 rings (SSSR count). The van der Waals surface area contributed by atoms with Gasteiger partial charge in [0.25, 0.3) is 0 Å². The highest BCUT2D eigenvalue weighted by atomic mass is 14.9. The van der Waals surface area contributed by atoms with E-state index in [1.165, 1.54) is 0 Å². The van der Waals surface area contributed by atoms with Gasteiger partial charge in [0.05, 0.1) is 0 Å². The van der Waals surface area contributed by atoms with Gasteiger partial charge in [-0.25, -0.2) is 0 Å². The van der Waals surface area contributed by atoms with Crippen molar-refractivity contribution in [1.29, 1.82) is 0 Å². The van der Waals surface area contributed by atoms with Crippen molar-refractivity contribution in [3.05, 3.63) is 85.1 Å². The Hall–Kier alpha value is -2.68. The number of nitrogens with zero attached hydrogens (tertiary/aromatic N) is 2. The minimum Gasteiger partial charge on any atom is -0.355 e. The van der Waals surface area contributed by atoms with Crippen molar-refractivity contribution in [3.63, 3.8) is 0 Å². The summed E-state index contributed by atoms with van der Waals surface area (Å²) in [6.07, 6.45) is 11.0. The first-order chi connectivity index (χ1) is 10.5. The summed E-state index contributed by atoms with van der Waals surface area (Å²) in [6, 6.07) is 0. The molecule has 0 aromatic carbocycles. The summed E-state index contributed by atoms with van der Waals surface area (Å²) in [5.74, 6) is 0. The van der Waals surface area contributed by atoms with Crippen LogP contribution in [0.25, 0.3) is 0 Å². The van der Waals surface area contributed by atoms with Gasteiger partial charge in [0, 0.05) is 35.1 Å². The predicted molar refractivity (Wildman–Crippen MR) is 100 cm³/mol. The van der Waals surface area contributed by atoms with E-state index in [2.05, 4.69) is 55.3 Å². The molecule has 1 N–H and O–H groups in total. The Morgan fingerprint density at radius 1 is 1.18 bits per heavy atom. The lowest BCUT2D eigenvalue weighted by Crippen LogP contribution is -2.15. The van der Waals surface area contributed by atoms with Crippen molar-refractivity contribution in [2.75, 3.05) is 0 Å². The number of allylic oxidation sites excluding steroid dienone is 6. The average molecular weight is 295 g/mol. The zero-order chi connectivity index (χ0) is 17.0. The fourth-order valence-electron chi connectivity index (χ4n) is 1.72. The van der Waals surface area contributed by atoms with Crippen molar-refractivity contribution in [3.8, 4) is 0 Å². The van der Waals surface area contributed by atoms with E-state index in [9.17, 15) is 0 Å². The molecule has 0 aliphatic carbocycles. The van der Waals surface area contributed by atoms with Crippen LogP contribution in [0.3, 0.4) is 0 Å². The van der Waals surface area contributed by atoms with Gasteiger partial charge < -0.3 is 5.32 Å². The molecule has 3 nitrogen and oxygen atoms in total. The van der Waals surface area contributed by atoms with E-state index in [4.69, 9.17) is 0 Å². The van der Waals surface area contributed by atoms with Crippen LogP contribution in [0.15, 0.2) is 95.0 Å². The van der Waals surface area contributed by atoms with Crippen LogP contribution in [0, 0.1) is 0 Å². The minimum absolute atomic E-state index is 0.679. The molecular formula is C19H25N3. The molecule has 0 unspecified atom stereocenters. The Morgan fingerprint density at radius 2 is 1.86 bits per heavy atom. The topological polar surface area (TPSA) is 36.8 Å². The van der Waals surface area contributed by atoms with Crippen LogP contribution in [0.4, 0.5) is 0 Å². The molecule has 116 valence electrons. The molecule has 0 radical (unpaired) electrons. The first kappa shape index (κ1) is 19.3. The van der Waals surface area contributed by atoms with Gasteiger partial charge in [0.2, 0.25) is 0 Å². The third kappa shape index (κ3) is 6.18. The van der Waals surface area contributed by atoms with Gasteiger partial charge in [0.15, 0.2) is 0 Å². The Labute approximate surface area is 134 Å². The van der Waals surface area contributed by atoms with Gasteiger partial charge in [-0.3, -0.25) is 9.98 Å². The Bertz CT molecular complexity index is 569. The molecular weight excluding hydrogens is 270 g/mol. The maximum Gasteiger partial charge on any atom is 0.0450 e. The van der Waals surface area contributed by atoms with Gasteiger partial charge in [0.1, 0.15) is 0 Å². The molecule has 3 heteroatoms. The second-order valence-corrected chi connectivity index (χ2v) is 4.33. The van der Waals surface area contributed by atoms with Crippen molar-refractivity contribution in [1.82, 2.24) is 5.32 Å². The summed E-state index contributed by atoms with van der Waals surface area (Å²) in [4.78, 5) is 8.15. The average Bonchev–Trinajstić information content (AvgIpc) is 2.52. The molecule has 0 bridgehead atoms. The predicted octanol–water partition coefficient (Wildman–Crippen LogP) is 4.87. The van der Waals surface area contributed by atoms with Crippen LogP contribution in [-0.2, 0) is 0 Å². The monoisotopic (exact) mass is 295 g/mol. The molecule has 0 amide bonds. The van der Waals surface area contributed by atoms with Gasteiger partial charge in [-0.1, -0.05) is 51.5 Å². The molecule has 0 fully saturated rings. The number of aliphatic imine (C=N–C) groups is 2. The Kier molecular flexibility index (Phi) is 9.69. The maximum absolute atomic E-state index is 4.40. The molecule has 0 spiro atoms. The van der Waals surface area contributed by atoms with Crippen molar-refractivity contribution < 1.29 is 0 Å². The number of hydrogen-bond acceptors (Lipinski definition) is 3. The Balaban J connectivity index is 5.62. The van der Waals surface area contributed by atoms with Crippen molar-refractivity contribution in [2.45, 2.75) is 20.3 Å². The van der Waals surface area contributed by atoms with Gasteiger partial charge in [-0.05, 0) is 31.7 Å². The quantitative estimate of drug-likeness (QED) is 0.453. The zero-order valence-corrected chi connectivity index (χ0v) is 13.6. The lowest BCUT2D eigenvalue weighted by atomic mass is 10.1. The molecule has 0 aromatic rings. The van der Waals surface area contributed by atoms with Crippen LogP contribution < -0.4 is 5.32 Å². The smallest absolute Gasteiger partial charge is 0.0450 e. The van der Waals surface area contributed by atoms with Gasteiger partial charge in [-0.15, -0.1) is 0 Å². The fraction of sp³-hybridized carbons (Fsp3) is 0.158. The molecule has 0 aliphatic heterocycles. The third-order valence-electron chi connectivity index (χ3n) is 2.88. The number of rotatable bonds is 10. The lowest BCUT2D eigenvalue weighted by molar-refractivity contribution is 0.956. The van der Waals surface area contributed by atoms with Gasteiger partial charge in [-0.2, -0.15) is 0 Å². The third-order valence-corrected chi connectivity index (χ3v) is 2.88. The minimum atomic E-state index is 0.679. The lowest BCUT2D eigenvalue weighted by Gasteiger charge is -2.16. The summed E-state index contributed by atoms with van der Waals surface area (Å²) in [7, 11) is 0. The summed E-state index contributed by atoms with van der Waals surface area (Å²) in [6.45, 7) is 22.6. The molecule has 0 atom stereocenters.